The molecule has 0 unspecified atom stereocenters. The number of nitrogens with zero attached hydrogens (tertiary/aromatic N) is 2. The average molecular weight is 266 g/mol. The van der Waals surface area contributed by atoms with Gasteiger partial charge in [-0.25, -0.2) is 10.8 Å². The van der Waals surface area contributed by atoms with Crippen LogP contribution in [0.2, 0.25) is 0 Å². The van der Waals surface area contributed by atoms with E-state index in [1.165, 1.54) is 51.4 Å². The van der Waals surface area contributed by atoms with Crippen molar-refractivity contribution in [1.82, 2.24) is 10.3 Å². The number of guanidine groups is 1. The summed E-state index contributed by atoms with van der Waals surface area (Å²) in [5.41, 5.74) is 3.33. The number of hydrogen-bond donors (Lipinski definition) is 2. The van der Waals surface area contributed by atoms with Crippen LogP contribution in [0.15, 0.2) is 4.99 Å². The molecule has 0 aromatic carbocycles. The highest BCUT2D eigenvalue weighted by atomic mass is 15.4. The molecule has 0 heterocycles. The smallest absolute Gasteiger partial charge is 0.208 e. The predicted octanol–water partition coefficient (Wildman–Crippen LogP) is 2.65. The van der Waals surface area contributed by atoms with E-state index in [9.17, 15) is 0 Å². The molecule has 2 rings (SSSR count). The standard InChI is InChI=1S/C15H30N4/c1-15(2)10-8-13(9-11-15)19(3)14(18-16)17-12-6-4-5-7-12/h12-13H,4-11,16H2,1-3H3,(H,17,18). The van der Waals surface area contributed by atoms with E-state index < -0.39 is 0 Å². The Balaban J connectivity index is 1.94. The summed E-state index contributed by atoms with van der Waals surface area (Å²) in [5, 5.41) is 0. The van der Waals surface area contributed by atoms with Crippen LogP contribution in [-0.2, 0) is 0 Å². The highest BCUT2D eigenvalue weighted by Crippen LogP contribution is 2.36. The lowest BCUT2D eigenvalue weighted by Crippen LogP contribution is -2.49. The summed E-state index contributed by atoms with van der Waals surface area (Å²) in [5.74, 6) is 6.58. The molecule has 0 amide bonds. The summed E-state index contributed by atoms with van der Waals surface area (Å²) in [7, 11) is 2.14. The second kappa shape index (κ2) is 6.12. The van der Waals surface area contributed by atoms with E-state index in [0.717, 1.165) is 5.96 Å². The molecule has 2 fully saturated rings. The van der Waals surface area contributed by atoms with Crippen molar-refractivity contribution < 1.29 is 0 Å². The lowest BCUT2D eigenvalue weighted by molar-refractivity contribution is 0.166. The van der Waals surface area contributed by atoms with Crippen molar-refractivity contribution in [3.8, 4) is 0 Å². The lowest BCUT2D eigenvalue weighted by Gasteiger charge is -2.39. The molecule has 0 radical (unpaired) electrons. The highest BCUT2D eigenvalue weighted by Gasteiger charge is 2.30. The van der Waals surface area contributed by atoms with Crippen LogP contribution in [0.4, 0.5) is 0 Å². The summed E-state index contributed by atoms with van der Waals surface area (Å²) in [6.45, 7) is 4.75. The highest BCUT2D eigenvalue weighted by molar-refractivity contribution is 5.79. The Kier molecular flexibility index (Phi) is 4.71. The van der Waals surface area contributed by atoms with Crippen molar-refractivity contribution in [1.29, 1.82) is 0 Å². The van der Waals surface area contributed by atoms with E-state index in [4.69, 9.17) is 10.8 Å². The Bertz CT molecular complexity index is 308. The molecule has 0 spiro atoms. The molecule has 3 N–H and O–H groups in total. The van der Waals surface area contributed by atoms with Gasteiger partial charge in [0, 0.05) is 13.1 Å². The first kappa shape index (κ1) is 14.6. The quantitative estimate of drug-likeness (QED) is 0.350. The van der Waals surface area contributed by atoms with Crippen molar-refractivity contribution >= 4 is 5.96 Å². The first-order valence-electron chi connectivity index (χ1n) is 7.79. The zero-order valence-corrected chi connectivity index (χ0v) is 12.8. The van der Waals surface area contributed by atoms with Gasteiger partial charge in [0.15, 0.2) is 0 Å². The lowest BCUT2D eigenvalue weighted by atomic mass is 9.75. The van der Waals surface area contributed by atoms with Gasteiger partial charge < -0.3 is 4.90 Å². The fourth-order valence-electron chi connectivity index (χ4n) is 3.38. The van der Waals surface area contributed by atoms with Gasteiger partial charge in [0.1, 0.15) is 0 Å². The second-order valence-electron chi connectivity index (χ2n) is 7.04. The van der Waals surface area contributed by atoms with Gasteiger partial charge in [-0.3, -0.25) is 5.43 Å². The molecule has 0 aromatic heterocycles. The van der Waals surface area contributed by atoms with E-state index in [0.29, 0.717) is 17.5 Å². The van der Waals surface area contributed by atoms with E-state index in [1.54, 1.807) is 0 Å². The molecule has 110 valence electrons. The van der Waals surface area contributed by atoms with Gasteiger partial charge in [-0.05, 0) is 43.9 Å². The van der Waals surface area contributed by atoms with Gasteiger partial charge in [0.2, 0.25) is 5.96 Å². The normalized spacial score (nSPS) is 25.6. The molecule has 19 heavy (non-hydrogen) atoms. The van der Waals surface area contributed by atoms with Crippen LogP contribution in [-0.4, -0.2) is 30.0 Å². The number of rotatable bonds is 2. The van der Waals surface area contributed by atoms with E-state index in [1.807, 2.05) is 0 Å². The van der Waals surface area contributed by atoms with Gasteiger partial charge >= 0.3 is 0 Å². The predicted molar refractivity (Wildman–Crippen MR) is 80.8 cm³/mol. The van der Waals surface area contributed by atoms with Crippen molar-refractivity contribution in [2.75, 3.05) is 7.05 Å². The van der Waals surface area contributed by atoms with E-state index in [-0.39, 0.29) is 0 Å². The molecular weight excluding hydrogens is 236 g/mol. The first-order chi connectivity index (χ1) is 9.02. The van der Waals surface area contributed by atoms with Crippen molar-refractivity contribution in [2.45, 2.75) is 77.3 Å². The molecule has 0 atom stereocenters. The number of aliphatic imine (C=N–C) groups is 1. The number of hydrazine groups is 1. The Morgan fingerprint density at radius 2 is 1.74 bits per heavy atom. The third kappa shape index (κ3) is 3.85. The summed E-state index contributed by atoms with van der Waals surface area (Å²) in [6.07, 6.45) is 10.1. The fourth-order valence-corrected chi connectivity index (χ4v) is 3.38. The average Bonchev–Trinajstić information content (AvgIpc) is 2.88. The molecule has 4 nitrogen and oxygen atoms in total. The van der Waals surface area contributed by atoms with Crippen LogP contribution >= 0.6 is 0 Å². The minimum Gasteiger partial charge on any atom is -0.342 e. The minimum atomic E-state index is 0.480. The van der Waals surface area contributed by atoms with Gasteiger partial charge in [-0.15, -0.1) is 0 Å². The SMILES string of the molecule is CN(C(=NC1CCCC1)NN)C1CCC(C)(C)CC1. The number of hydrogen-bond acceptors (Lipinski definition) is 2. The number of nitrogens with one attached hydrogen (secondary N) is 1. The van der Waals surface area contributed by atoms with Crippen LogP contribution in [0.5, 0.6) is 0 Å². The van der Waals surface area contributed by atoms with Crippen molar-refractivity contribution in [3.05, 3.63) is 0 Å². The van der Waals surface area contributed by atoms with E-state index in [2.05, 4.69) is 31.2 Å². The topological polar surface area (TPSA) is 53.6 Å². The van der Waals surface area contributed by atoms with Crippen LogP contribution in [0.3, 0.4) is 0 Å². The molecule has 0 aliphatic heterocycles. The molecule has 2 aliphatic rings. The molecule has 2 saturated carbocycles. The Hall–Kier alpha value is -0.770. The molecular formula is C15H30N4. The fraction of sp³-hybridized carbons (Fsp3) is 0.933. The maximum atomic E-state index is 5.69. The molecule has 2 aliphatic carbocycles. The van der Waals surface area contributed by atoms with Gasteiger partial charge in [0.05, 0.1) is 6.04 Å². The van der Waals surface area contributed by atoms with E-state index >= 15 is 0 Å². The largest absolute Gasteiger partial charge is 0.342 e. The molecule has 0 saturated heterocycles. The van der Waals surface area contributed by atoms with Crippen LogP contribution < -0.4 is 11.3 Å². The van der Waals surface area contributed by atoms with Gasteiger partial charge in [-0.2, -0.15) is 0 Å². The first-order valence-corrected chi connectivity index (χ1v) is 7.79. The third-order valence-corrected chi connectivity index (χ3v) is 4.95. The Labute approximate surface area is 117 Å². The summed E-state index contributed by atoms with van der Waals surface area (Å²) >= 11 is 0. The van der Waals surface area contributed by atoms with Crippen LogP contribution in [0.1, 0.15) is 65.2 Å². The summed E-state index contributed by atoms with van der Waals surface area (Å²) in [6, 6.07) is 1.07. The minimum absolute atomic E-state index is 0.480. The molecule has 0 bridgehead atoms. The summed E-state index contributed by atoms with van der Waals surface area (Å²) < 4.78 is 0. The Morgan fingerprint density at radius 3 is 2.26 bits per heavy atom. The van der Waals surface area contributed by atoms with Crippen LogP contribution in [0.25, 0.3) is 0 Å². The maximum Gasteiger partial charge on any atom is 0.208 e. The molecule has 4 heteroatoms. The van der Waals surface area contributed by atoms with Crippen LogP contribution in [0, 0.1) is 5.41 Å². The van der Waals surface area contributed by atoms with Crippen molar-refractivity contribution in [3.63, 3.8) is 0 Å². The number of nitrogens with two attached hydrogens (primary N) is 1. The van der Waals surface area contributed by atoms with Crippen molar-refractivity contribution in [2.24, 2.45) is 16.3 Å². The monoisotopic (exact) mass is 266 g/mol. The molecule has 0 aromatic rings. The third-order valence-electron chi connectivity index (χ3n) is 4.95. The van der Waals surface area contributed by atoms with Gasteiger partial charge in [-0.1, -0.05) is 26.7 Å². The van der Waals surface area contributed by atoms with Gasteiger partial charge in [0.25, 0.3) is 0 Å². The summed E-state index contributed by atoms with van der Waals surface area (Å²) in [4.78, 5) is 7.08. The maximum absolute atomic E-state index is 5.69. The zero-order valence-electron chi connectivity index (χ0n) is 12.8. The zero-order chi connectivity index (χ0) is 13.9. The second-order valence-corrected chi connectivity index (χ2v) is 7.04. The Morgan fingerprint density at radius 1 is 1.16 bits per heavy atom.